The summed E-state index contributed by atoms with van der Waals surface area (Å²) >= 11 is 0. The molecule has 14 heavy (non-hydrogen) atoms. The van der Waals surface area contributed by atoms with Crippen LogP contribution in [0.15, 0.2) is 22.6 Å². The molecular weight excluding hydrogens is 180 g/mol. The smallest absolute Gasteiger partial charge is 0.301 e. The van der Waals surface area contributed by atoms with Gasteiger partial charge in [-0.15, -0.1) is 0 Å². The number of rotatable bonds is 1. The molecule has 4 nitrogen and oxygen atoms in total. The van der Waals surface area contributed by atoms with E-state index in [2.05, 4.69) is 4.98 Å². The summed E-state index contributed by atoms with van der Waals surface area (Å²) in [6.45, 7) is 1.47. The molecule has 4 heteroatoms. The summed E-state index contributed by atoms with van der Waals surface area (Å²) in [5.41, 5.74) is 1.61. The van der Waals surface area contributed by atoms with Crippen LogP contribution in [0.3, 0.4) is 0 Å². The quantitative estimate of drug-likeness (QED) is 0.638. The Morgan fingerprint density at radius 1 is 1.57 bits per heavy atom. The first-order valence-corrected chi connectivity index (χ1v) is 4.02. The number of hydrogen-bond acceptors (Lipinski definition) is 4. The van der Waals surface area contributed by atoms with Gasteiger partial charge in [-0.1, -0.05) is 0 Å². The van der Waals surface area contributed by atoms with E-state index in [1.165, 1.54) is 6.92 Å². The van der Waals surface area contributed by atoms with Crippen LogP contribution < -0.4 is 0 Å². The second-order valence-corrected chi connectivity index (χ2v) is 2.87. The molecule has 1 aromatic carbocycles. The zero-order valence-electron chi connectivity index (χ0n) is 7.44. The molecule has 1 aromatic heterocycles. The molecule has 0 amide bonds. The Hall–Kier alpha value is -2.15. The summed E-state index contributed by atoms with van der Waals surface area (Å²) in [7, 11) is 0. The predicted molar refractivity (Wildman–Crippen MR) is 48.7 cm³/mol. The van der Waals surface area contributed by atoms with Crippen LogP contribution in [0.5, 0.6) is 0 Å². The maximum absolute atomic E-state index is 11.0. The monoisotopic (exact) mass is 186 g/mol. The molecule has 0 bridgehead atoms. The fourth-order valence-electron chi connectivity index (χ4n) is 1.19. The number of carbonyl (C=O) groups is 1. The lowest BCUT2D eigenvalue weighted by Crippen LogP contribution is -1.89. The number of fused-ring (bicyclic) bond motifs is 1. The summed E-state index contributed by atoms with van der Waals surface area (Å²) in [6.07, 6.45) is 0. The van der Waals surface area contributed by atoms with Gasteiger partial charge in [0.25, 0.3) is 0 Å². The number of aromatic nitrogens is 1. The van der Waals surface area contributed by atoms with Gasteiger partial charge < -0.3 is 4.42 Å². The van der Waals surface area contributed by atoms with E-state index < -0.39 is 0 Å². The predicted octanol–water partition coefficient (Wildman–Crippen LogP) is 1.90. The van der Waals surface area contributed by atoms with Gasteiger partial charge in [0.15, 0.2) is 17.4 Å². The molecular formula is C10H6N2O2. The Bertz CT molecular complexity index is 549. The highest BCUT2D eigenvalue weighted by Crippen LogP contribution is 2.16. The van der Waals surface area contributed by atoms with E-state index >= 15 is 0 Å². The van der Waals surface area contributed by atoms with E-state index in [9.17, 15) is 4.79 Å². The van der Waals surface area contributed by atoms with E-state index in [4.69, 9.17) is 9.68 Å². The molecule has 0 fully saturated rings. The summed E-state index contributed by atoms with van der Waals surface area (Å²) < 4.78 is 5.08. The third-order valence-corrected chi connectivity index (χ3v) is 1.89. The Morgan fingerprint density at radius 2 is 2.36 bits per heavy atom. The summed E-state index contributed by atoms with van der Waals surface area (Å²) in [6, 6.07) is 6.72. The number of hydrogen-bond donors (Lipinski definition) is 0. The van der Waals surface area contributed by atoms with Crippen molar-refractivity contribution in [2.75, 3.05) is 0 Å². The summed E-state index contributed by atoms with van der Waals surface area (Å²) in [4.78, 5) is 14.9. The summed E-state index contributed by atoms with van der Waals surface area (Å²) in [5.74, 6) is -0.0255. The average Bonchev–Trinajstić information content (AvgIpc) is 2.58. The molecule has 0 saturated carbocycles. The van der Waals surface area contributed by atoms with Crippen molar-refractivity contribution in [1.29, 1.82) is 5.26 Å². The van der Waals surface area contributed by atoms with Crippen molar-refractivity contribution in [2.24, 2.45) is 0 Å². The van der Waals surface area contributed by atoms with E-state index in [-0.39, 0.29) is 11.7 Å². The van der Waals surface area contributed by atoms with Gasteiger partial charge >= 0.3 is 5.89 Å². The van der Waals surface area contributed by atoms with Crippen LogP contribution >= 0.6 is 0 Å². The number of oxazole rings is 1. The second-order valence-electron chi connectivity index (χ2n) is 2.87. The van der Waals surface area contributed by atoms with Gasteiger partial charge in [-0.05, 0) is 25.1 Å². The van der Waals surface area contributed by atoms with Gasteiger partial charge in [0.2, 0.25) is 0 Å². The molecule has 68 valence electrons. The van der Waals surface area contributed by atoms with Gasteiger partial charge in [-0.25, -0.2) is 0 Å². The number of nitrogens with zero attached hydrogens (tertiary/aromatic N) is 2. The second kappa shape index (κ2) is 2.96. The van der Waals surface area contributed by atoms with Crippen molar-refractivity contribution in [3.8, 4) is 6.07 Å². The standard InChI is InChI=1S/C10H6N2O2/c1-6(13)7-2-3-8-9(4-7)14-10(5-11)12-8/h2-4H,1H3. The van der Waals surface area contributed by atoms with Crippen LogP contribution in [0.25, 0.3) is 11.1 Å². The topological polar surface area (TPSA) is 66.9 Å². The van der Waals surface area contributed by atoms with Gasteiger partial charge in [0.05, 0.1) is 0 Å². The fraction of sp³-hybridized carbons (Fsp3) is 0.100. The minimum absolute atomic E-state index is 0.0145. The molecule has 0 unspecified atom stereocenters. The first-order chi connectivity index (χ1) is 6.70. The first-order valence-electron chi connectivity index (χ1n) is 4.02. The molecule has 0 aliphatic rings. The van der Waals surface area contributed by atoms with E-state index in [0.29, 0.717) is 16.7 Å². The van der Waals surface area contributed by atoms with Crippen molar-refractivity contribution in [2.45, 2.75) is 6.92 Å². The van der Waals surface area contributed by atoms with Crippen LogP contribution in [0.4, 0.5) is 0 Å². The Labute approximate surface area is 79.8 Å². The van der Waals surface area contributed by atoms with Gasteiger partial charge in [0, 0.05) is 5.56 Å². The van der Waals surface area contributed by atoms with Crippen LogP contribution in [0.2, 0.25) is 0 Å². The van der Waals surface area contributed by atoms with Crippen molar-refractivity contribution >= 4 is 16.9 Å². The molecule has 0 spiro atoms. The van der Waals surface area contributed by atoms with E-state index in [1.807, 2.05) is 0 Å². The SMILES string of the molecule is CC(=O)c1ccc2nc(C#N)oc2c1. The average molecular weight is 186 g/mol. The molecule has 0 radical (unpaired) electrons. The highest BCUT2D eigenvalue weighted by molar-refractivity contribution is 5.96. The highest BCUT2D eigenvalue weighted by Gasteiger charge is 2.07. The van der Waals surface area contributed by atoms with Crippen molar-refractivity contribution in [3.63, 3.8) is 0 Å². The number of ketones is 1. The third-order valence-electron chi connectivity index (χ3n) is 1.89. The largest absolute Gasteiger partial charge is 0.428 e. The Morgan fingerprint density at radius 3 is 3.00 bits per heavy atom. The molecule has 0 N–H and O–H groups in total. The number of benzene rings is 1. The lowest BCUT2D eigenvalue weighted by atomic mass is 10.1. The normalized spacial score (nSPS) is 10.0. The third kappa shape index (κ3) is 1.25. The molecule has 1 heterocycles. The van der Waals surface area contributed by atoms with Crippen molar-refractivity contribution in [1.82, 2.24) is 4.98 Å². The fourth-order valence-corrected chi connectivity index (χ4v) is 1.19. The molecule has 0 aliphatic heterocycles. The van der Waals surface area contributed by atoms with Gasteiger partial charge in [-0.3, -0.25) is 4.79 Å². The van der Waals surface area contributed by atoms with E-state index in [0.717, 1.165) is 0 Å². The van der Waals surface area contributed by atoms with Crippen LogP contribution in [0.1, 0.15) is 23.2 Å². The van der Waals surface area contributed by atoms with Crippen LogP contribution in [-0.2, 0) is 0 Å². The Balaban J connectivity index is 2.66. The minimum Gasteiger partial charge on any atom is -0.428 e. The van der Waals surface area contributed by atoms with Crippen LogP contribution in [0, 0.1) is 11.3 Å². The molecule has 2 rings (SSSR count). The van der Waals surface area contributed by atoms with Gasteiger partial charge in [0.1, 0.15) is 5.52 Å². The van der Waals surface area contributed by atoms with Crippen LogP contribution in [-0.4, -0.2) is 10.8 Å². The number of nitriles is 1. The summed E-state index contributed by atoms with van der Waals surface area (Å²) in [5, 5.41) is 8.54. The lowest BCUT2D eigenvalue weighted by molar-refractivity contribution is 0.101. The number of Topliss-reactive ketones (excluding diaryl/α,β-unsaturated/α-hetero) is 1. The maximum Gasteiger partial charge on any atom is 0.301 e. The first kappa shape index (κ1) is 8.45. The molecule has 0 aliphatic carbocycles. The number of carbonyl (C=O) groups excluding carboxylic acids is 1. The zero-order chi connectivity index (χ0) is 10.1. The lowest BCUT2D eigenvalue weighted by Gasteiger charge is -1.92. The van der Waals surface area contributed by atoms with Crippen molar-refractivity contribution < 1.29 is 9.21 Å². The maximum atomic E-state index is 11.0. The van der Waals surface area contributed by atoms with Crippen molar-refractivity contribution in [3.05, 3.63) is 29.7 Å². The molecule has 0 atom stereocenters. The van der Waals surface area contributed by atoms with E-state index in [1.54, 1.807) is 24.3 Å². The van der Waals surface area contributed by atoms with Gasteiger partial charge in [-0.2, -0.15) is 10.2 Å². The molecule has 2 aromatic rings. The highest BCUT2D eigenvalue weighted by atomic mass is 16.3. The Kier molecular flexibility index (Phi) is 1.79. The molecule has 0 saturated heterocycles. The zero-order valence-corrected chi connectivity index (χ0v) is 7.44. The minimum atomic E-state index is -0.0400.